The summed E-state index contributed by atoms with van der Waals surface area (Å²) in [6, 6.07) is 1.58. The number of carbonyl (C=O) groups is 2. The van der Waals surface area contributed by atoms with Gasteiger partial charge in [-0.3, -0.25) is 9.78 Å². The molecule has 1 saturated heterocycles. The van der Waals surface area contributed by atoms with E-state index in [-0.39, 0.29) is 23.9 Å². The fourth-order valence-corrected chi connectivity index (χ4v) is 3.13. The van der Waals surface area contributed by atoms with Gasteiger partial charge < -0.3 is 20.1 Å². The fourth-order valence-electron chi connectivity index (χ4n) is 3.13. The van der Waals surface area contributed by atoms with E-state index in [1.807, 2.05) is 13.0 Å². The zero-order valence-electron chi connectivity index (χ0n) is 16.7. The summed E-state index contributed by atoms with van der Waals surface area (Å²) in [5.41, 5.74) is 1.04. The van der Waals surface area contributed by atoms with E-state index in [0.717, 1.165) is 12.0 Å². The summed E-state index contributed by atoms with van der Waals surface area (Å²) >= 11 is 0. The molecule has 2 unspecified atom stereocenters. The molecule has 150 valence electrons. The van der Waals surface area contributed by atoms with E-state index >= 15 is 0 Å². The lowest BCUT2D eigenvalue weighted by atomic mass is 9.91. The van der Waals surface area contributed by atoms with Crippen molar-refractivity contribution in [2.24, 2.45) is 17.3 Å². The average Bonchev–Trinajstić information content (AvgIpc) is 2.59. The van der Waals surface area contributed by atoms with Crippen LogP contribution >= 0.6 is 0 Å². The van der Waals surface area contributed by atoms with E-state index in [0.29, 0.717) is 31.9 Å². The van der Waals surface area contributed by atoms with Crippen LogP contribution in [-0.4, -0.2) is 46.7 Å². The predicted molar refractivity (Wildman–Crippen MR) is 103 cm³/mol. The SMILES string of the molecule is CC1CC(C(=O)O)CN(C(=O)NCc2ccncc2OCCC(C)(C)C)C1. The number of hydrogen-bond acceptors (Lipinski definition) is 4. The van der Waals surface area contributed by atoms with Crippen LogP contribution in [0.25, 0.3) is 0 Å². The van der Waals surface area contributed by atoms with Crippen LogP contribution in [0.15, 0.2) is 18.5 Å². The van der Waals surface area contributed by atoms with Crippen LogP contribution in [0.2, 0.25) is 0 Å². The summed E-state index contributed by atoms with van der Waals surface area (Å²) < 4.78 is 5.85. The molecule has 7 heteroatoms. The van der Waals surface area contributed by atoms with Crippen molar-refractivity contribution in [2.75, 3.05) is 19.7 Å². The van der Waals surface area contributed by atoms with Crippen molar-refractivity contribution >= 4 is 12.0 Å². The molecule has 0 saturated carbocycles. The van der Waals surface area contributed by atoms with E-state index in [1.165, 1.54) is 0 Å². The lowest BCUT2D eigenvalue weighted by Gasteiger charge is -2.34. The molecule has 1 aromatic rings. The number of carboxylic acid groups (broad SMARTS) is 1. The molecule has 2 heterocycles. The second-order valence-electron chi connectivity index (χ2n) is 8.58. The van der Waals surface area contributed by atoms with E-state index in [1.54, 1.807) is 17.3 Å². The van der Waals surface area contributed by atoms with Crippen LogP contribution < -0.4 is 10.1 Å². The number of hydrogen-bond donors (Lipinski definition) is 2. The fraction of sp³-hybridized carbons (Fsp3) is 0.650. The first-order valence-corrected chi connectivity index (χ1v) is 9.47. The summed E-state index contributed by atoms with van der Waals surface area (Å²) in [6.45, 7) is 10.2. The molecular formula is C20H31N3O4. The minimum atomic E-state index is -0.844. The molecule has 0 aliphatic carbocycles. The lowest BCUT2D eigenvalue weighted by molar-refractivity contribution is -0.143. The molecule has 1 fully saturated rings. The van der Waals surface area contributed by atoms with E-state index in [2.05, 4.69) is 31.1 Å². The van der Waals surface area contributed by atoms with Crippen LogP contribution in [0.4, 0.5) is 4.79 Å². The standard InChI is InChI=1S/C20H31N3O4/c1-14-9-16(18(24)25)13-23(12-14)19(26)22-10-15-5-7-21-11-17(15)27-8-6-20(2,3)4/h5,7,11,14,16H,6,8-10,12-13H2,1-4H3,(H,22,26)(H,24,25). The molecule has 1 aliphatic heterocycles. The Morgan fingerprint density at radius 3 is 2.78 bits per heavy atom. The molecule has 27 heavy (non-hydrogen) atoms. The van der Waals surface area contributed by atoms with Gasteiger partial charge in [-0.25, -0.2) is 4.79 Å². The predicted octanol–water partition coefficient (Wildman–Crippen LogP) is 3.15. The highest BCUT2D eigenvalue weighted by atomic mass is 16.5. The molecule has 2 N–H and O–H groups in total. The summed E-state index contributed by atoms with van der Waals surface area (Å²) in [4.78, 5) is 29.5. The van der Waals surface area contributed by atoms with Crippen molar-refractivity contribution < 1.29 is 19.4 Å². The van der Waals surface area contributed by atoms with Crippen LogP contribution in [0.1, 0.15) is 46.1 Å². The van der Waals surface area contributed by atoms with Gasteiger partial charge in [-0.15, -0.1) is 0 Å². The van der Waals surface area contributed by atoms with Crippen molar-refractivity contribution in [2.45, 2.75) is 47.1 Å². The Morgan fingerprint density at radius 2 is 2.11 bits per heavy atom. The molecule has 7 nitrogen and oxygen atoms in total. The van der Waals surface area contributed by atoms with Crippen molar-refractivity contribution in [1.29, 1.82) is 0 Å². The van der Waals surface area contributed by atoms with Gasteiger partial charge in [0.15, 0.2) is 0 Å². The van der Waals surface area contributed by atoms with Gasteiger partial charge in [-0.1, -0.05) is 27.7 Å². The highest BCUT2D eigenvalue weighted by Crippen LogP contribution is 2.23. The number of aromatic nitrogens is 1. The number of urea groups is 1. The van der Waals surface area contributed by atoms with Gasteiger partial charge in [0, 0.05) is 31.4 Å². The highest BCUT2D eigenvalue weighted by Gasteiger charge is 2.31. The largest absolute Gasteiger partial charge is 0.492 e. The molecule has 0 aromatic carbocycles. The van der Waals surface area contributed by atoms with Crippen molar-refractivity contribution in [3.05, 3.63) is 24.0 Å². The first-order valence-electron chi connectivity index (χ1n) is 9.47. The Balaban J connectivity index is 1.92. The molecular weight excluding hydrogens is 346 g/mol. The maximum absolute atomic E-state index is 12.5. The summed E-state index contributed by atoms with van der Waals surface area (Å²) in [5, 5.41) is 12.1. The van der Waals surface area contributed by atoms with E-state index < -0.39 is 11.9 Å². The first-order chi connectivity index (χ1) is 12.7. The zero-order valence-corrected chi connectivity index (χ0v) is 16.7. The number of carboxylic acids is 1. The second-order valence-corrected chi connectivity index (χ2v) is 8.58. The number of aliphatic carboxylic acids is 1. The van der Waals surface area contributed by atoms with Crippen LogP contribution in [0.5, 0.6) is 5.75 Å². The summed E-state index contributed by atoms with van der Waals surface area (Å²) in [5.74, 6) is -0.514. The number of ether oxygens (including phenoxy) is 1. The Morgan fingerprint density at radius 1 is 1.37 bits per heavy atom. The second kappa shape index (κ2) is 9.06. The van der Waals surface area contributed by atoms with Crippen molar-refractivity contribution in [1.82, 2.24) is 15.2 Å². The van der Waals surface area contributed by atoms with Gasteiger partial charge in [0.25, 0.3) is 0 Å². The monoisotopic (exact) mass is 377 g/mol. The first kappa shape index (κ1) is 21.0. The average molecular weight is 377 g/mol. The normalized spacial score (nSPS) is 20.2. The Kier molecular flexibility index (Phi) is 7.05. The molecule has 1 aromatic heterocycles. The number of amides is 2. The highest BCUT2D eigenvalue weighted by molar-refractivity contribution is 5.76. The molecule has 1 aliphatic rings. The van der Waals surface area contributed by atoms with Gasteiger partial charge in [-0.05, 0) is 30.2 Å². The maximum Gasteiger partial charge on any atom is 0.317 e. The van der Waals surface area contributed by atoms with Crippen LogP contribution in [0, 0.1) is 17.3 Å². The van der Waals surface area contributed by atoms with Gasteiger partial charge in [0.2, 0.25) is 0 Å². The molecule has 0 radical (unpaired) electrons. The van der Waals surface area contributed by atoms with E-state index in [9.17, 15) is 14.7 Å². The Bertz CT molecular complexity index is 657. The topological polar surface area (TPSA) is 91.8 Å². The van der Waals surface area contributed by atoms with Crippen LogP contribution in [0.3, 0.4) is 0 Å². The van der Waals surface area contributed by atoms with Gasteiger partial charge in [0.1, 0.15) is 5.75 Å². The molecule has 2 amide bonds. The van der Waals surface area contributed by atoms with Crippen molar-refractivity contribution in [3.8, 4) is 5.75 Å². The molecule has 2 rings (SSSR count). The quantitative estimate of drug-likeness (QED) is 0.794. The van der Waals surface area contributed by atoms with E-state index in [4.69, 9.17) is 4.74 Å². The van der Waals surface area contributed by atoms with Crippen molar-refractivity contribution in [3.63, 3.8) is 0 Å². The molecule has 2 atom stereocenters. The van der Waals surface area contributed by atoms with Gasteiger partial charge in [0.05, 0.1) is 18.7 Å². The smallest absolute Gasteiger partial charge is 0.317 e. The van der Waals surface area contributed by atoms with Crippen LogP contribution in [-0.2, 0) is 11.3 Å². The number of carbonyl (C=O) groups excluding carboxylic acids is 1. The lowest BCUT2D eigenvalue weighted by Crippen LogP contribution is -2.49. The number of rotatable bonds is 6. The third-order valence-electron chi connectivity index (χ3n) is 4.71. The Labute approximate surface area is 161 Å². The third kappa shape index (κ3) is 6.73. The molecule has 0 spiro atoms. The number of nitrogens with one attached hydrogen (secondary N) is 1. The minimum absolute atomic E-state index is 0.169. The number of piperidine rings is 1. The third-order valence-corrected chi connectivity index (χ3v) is 4.71. The number of pyridine rings is 1. The maximum atomic E-state index is 12.5. The van der Waals surface area contributed by atoms with Gasteiger partial charge in [-0.2, -0.15) is 0 Å². The summed E-state index contributed by atoms with van der Waals surface area (Å²) in [6.07, 6.45) is 4.85. The number of nitrogens with zero attached hydrogens (tertiary/aromatic N) is 2. The minimum Gasteiger partial charge on any atom is -0.492 e. The van der Waals surface area contributed by atoms with Gasteiger partial charge >= 0.3 is 12.0 Å². The molecule has 0 bridgehead atoms. The Hall–Kier alpha value is -2.31. The zero-order chi connectivity index (χ0) is 20.0. The summed E-state index contributed by atoms with van der Waals surface area (Å²) in [7, 11) is 0. The number of likely N-dealkylation sites (tertiary alicyclic amines) is 1.